The number of carbonyl (C=O) groups is 2. The standard InChI is InChI=1S/C19H21NO3S/c1-12(16-7-8-24-11-16)18(21)20-17(19(22)23)10-13-5-6-14-3-2-4-15(14)9-13/h5-9,11-12,17H,2-4,10H2,1H3,(H,20,21)(H,22,23)/t12?,17-/m0/s1. The van der Waals surface area contributed by atoms with Crippen LogP contribution < -0.4 is 5.32 Å². The number of benzene rings is 1. The second-order valence-corrected chi connectivity index (χ2v) is 7.12. The molecular weight excluding hydrogens is 322 g/mol. The second-order valence-electron chi connectivity index (χ2n) is 6.34. The van der Waals surface area contributed by atoms with Gasteiger partial charge in [0.05, 0.1) is 5.92 Å². The molecule has 1 aliphatic carbocycles. The highest BCUT2D eigenvalue weighted by Gasteiger charge is 2.24. The fraction of sp³-hybridized carbons (Fsp3) is 0.368. The van der Waals surface area contributed by atoms with Crippen LogP contribution in [0.25, 0.3) is 0 Å². The van der Waals surface area contributed by atoms with E-state index in [0.717, 1.165) is 30.4 Å². The van der Waals surface area contributed by atoms with Gasteiger partial charge in [-0.15, -0.1) is 0 Å². The van der Waals surface area contributed by atoms with E-state index in [9.17, 15) is 14.7 Å². The van der Waals surface area contributed by atoms with E-state index in [1.165, 1.54) is 22.5 Å². The minimum absolute atomic E-state index is 0.248. The van der Waals surface area contributed by atoms with Crippen LogP contribution in [0.2, 0.25) is 0 Å². The van der Waals surface area contributed by atoms with Crippen molar-refractivity contribution < 1.29 is 14.7 Å². The van der Waals surface area contributed by atoms with E-state index in [2.05, 4.69) is 17.4 Å². The van der Waals surface area contributed by atoms with Crippen molar-refractivity contribution in [1.29, 1.82) is 0 Å². The molecule has 2 atom stereocenters. The zero-order valence-electron chi connectivity index (χ0n) is 13.6. The zero-order valence-corrected chi connectivity index (χ0v) is 14.4. The van der Waals surface area contributed by atoms with Crippen molar-refractivity contribution in [1.82, 2.24) is 5.32 Å². The van der Waals surface area contributed by atoms with Gasteiger partial charge in [-0.05, 0) is 65.3 Å². The lowest BCUT2D eigenvalue weighted by Crippen LogP contribution is -2.44. The molecular formula is C19H21NO3S. The molecule has 1 aliphatic rings. The lowest BCUT2D eigenvalue weighted by molar-refractivity contribution is -0.141. The summed E-state index contributed by atoms with van der Waals surface area (Å²) in [6.45, 7) is 1.80. The maximum absolute atomic E-state index is 12.4. The molecule has 0 bridgehead atoms. The van der Waals surface area contributed by atoms with Crippen molar-refractivity contribution in [3.05, 3.63) is 57.3 Å². The van der Waals surface area contributed by atoms with E-state index < -0.39 is 12.0 Å². The largest absolute Gasteiger partial charge is 0.480 e. The molecule has 1 amide bonds. The van der Waals surface area contributed by atoms with Crippen molar-refractivity contribution >= 4 is 23.2 Å². The van der Waals surface area contributed by atoms with Crippen molar-refractivity contribution in [2.45, 2.75) is 44.6 Å². The molecule has 126 valence electrons. The average Bonchev–Trinajstić information content (AvgIpc) is 3.24. The summed E-state index contributed by atoms with van der Waals surface area (Å²) in [5.41, 5.74) is 4.56. The average molecular weight is 343 g/mol. The van der Waals surface area contributed by atoms with Gasteiger partial charge in [0.15, 0.2) is 0 Å². The Morgan fingerprint density at radius 2 is 2.04 bits per heavy atom. The third kappa shape index (κ3) is 3.67. The Morgan fingerprint density at radius 1 is 1.25 bits per heavy atom. The number of carboxylic acids is 1. The first-order chi connectivity index (χ1) is 11.5. The van der Waals surface area contributed by atoms with E-state index in [-0.39, 0.29) is 11.8 Å². The summed E-state index contributed by atoms with van der Waals surface area (Å²) >= 11 is 1.53. The van der Waals surface area contributed by atoms with E-state index in [4.69, 9.17) is 0 Å². The second kappa shape index (κ2) is 7.18. The number of hydrogen-bond acceptors (Lipinski definition) is 3. The highest BCUT2D eigenvalue weighted by molar-refractivity contribution is 7.08. The van der Waals surface area contributed by atoms with E-state index in [1.54, 1.807) is 6.92 Å². The summed E-state index contributed by atoms with van der Waals surface area (Å²) in [7, 11) is 0. The van der Waals surface area contributed by atoms with Gasteiger partial charge in [0.2, 0.25) is 5.91 Å². The van der Waals surface area contributed by atoms with Crippen LogP contribution in [0.4, 0.5) is 0 Å². The highest BCUT2D eigenvalue weighted by Crippen LogP contribution is 2.23. The molecule has 0 fully saturated rings. The highest BCUT2D eigenvalue weighted by atomic mass is 32.1. The summed E-state index contributed by atoms with van der Waals surface area (Å²) in [6, 6.07) is 7.15. The van der Waals surface area contributed by atoms with Gasteiger partial charge < -0.3 is 10.4 Å². The van der Waals surface area contributed by atoms with Crippen molar-refractivity contribution in [3.63, 3.8) is 0 Å². The number of amides is 1. The fourth-order valence-electron chi connectivity index (χ4n) is 3.16. The molecule has 0 aliphatic heterocycles. The molecule has 1 aromatic heterocycles. The predicted molar refractivity (Wildman–Crippen MR) is 94.5 cm³/mol. The summed E-state index contributed by atoms with van der Waals surface area (Å²) in [4.78, 5) is 23.9. The summed E-state index contributed by atoms with van der Waals surface area (Å²) in [5.74, 6) is -1.60. The molecule has 0 spiro atoms. The van der Waals surface area contributed by atoms with Crippen LogP contribution in [0.15, 0.2) is 35.0 Å². The van der Waals surface area contributed by atoms with Gasteiger partial charge in [-0.25, -0.2) is 4.79 Å². The molecule has 0 saturated carbocycles. The van der Waals surface area contributed by atoms with Crippen LogP contribution in [-0.2, 0) is 28.9 Å². The smallest absolute Gasteiger partial charge is 0.326 e. The van der Waals surface area contributed by atoms with Crippen molar-refractivity contribution in [2.24, 2.45) is 0 Å². The Balaban J connectivity index is 1.69. The van der Waals surface area contributed by atoms with E-state index in [0.29, 0.717) is 6.42 Å². The van der Waals surface area contributed by atoms with Gasteiger partial charge in [0.1, 0.15) is 6.04 Å². The van der Waals surface area contributed by atoms with Gasteiger partial charge in [-0.1, -0.05) is 18.2 Å². The molecule has 4 nitrogen and oxygen atoms in total. The lowest BCUT2D eigenvalue weighted by Gasteiger charge is -2.18. The van der Waals surface area contributed by atoms with Gasteiger partial charge in [-0.2, -0.15) is 11.3 Å². The maximum atomic E-state index is 12.4. The number of carboxylic acid groups (broad SMARTS) is 1. The minimum atomic E-state index is -0.999. The molecule has 1 unspecified atom stereocenters. The third-order valence-electron chi connectivity index (χ3n) is 4.65. The maximum Gasteiger partial charge on any atom is 0.326 e. The molecule has 2 N–H and O–H groups in total. The summed E-state index contributed by atoms with van der Waals surface area (Å²) in [6.07, 6.45) is 3.63. The van der Waals surface area contributed by atoms with Gasteiger partial charge in [-0.3, -0.25) is 4.79 Å². The first-order valence-corrected chi connectivity index (χ1v) is 9.15. The number of carbonyl (C=O) groups excluding carboxylic acids is 1. The Labute approximate surface area is 145 Å². The number of hydrogen-bond donors (Lipinski definition) is 2. The molecule has 24 heavy (non-hydrogen) atoms. The minimum Gasteiger partial charge on any atom is -0.480 e. The van der Waals surface area contributed by atoms with Gasteiger partial charge >= 0.3 is 5.97 Å². The fourth-order valence-corrected chi connectivity index (χ4v) is 3.91. The normalized spacial score (nSPS) is 15.5. The quantitative estimate of drug-likeness (QED) is 0.847. The van der Waals surface area contributed by atoms with E-state index in [1.807, 2.05) is 22.9 Å². The van der Waals surface area contributed by atoms with Crippen LogP contribution in [-0.4, -0.2) is 23.0 Å². The van der Waals surface area contributed by atoms with Gasteiger partial charge in [0, 0.05) is 6.42 Å². The Bertz CT molecular complexity index is 739. The van der Waals surface area contributed by atoms with Crippen molar-refractivity contribution in [2.75, 3.05) is 0 Å². The van der Waals surface area contributed by atoms with Crippen LogP contribution in [0.1, 0.15) is 41.5 Å². The molecule has 0 radical (unpaired) electrons. The topological polar surface area (TPSA) is 66.4 Å². The molecule has 5 heteroatoms. The Hall–Kier alpha value is -2.14. The van der Waals surface area contributed by atoms with Crippen LogP contribution in [0, 0.1) is 0 Å². The third-order valence-corrected chi connectivity index (χ3v) is 5.36. The molecule has 3 rings (SSSR count). The predicted octanol–water partition coefficient (Wildman–Crippen LogP) is 3.15. The molecule has 1 heterocycles. The Kier molecular flexibility index (Phi) is 5.00. The Morgan fingerprint density at radius 3 is 2.75 bits per heavy atom. The monoisotopic (exact) mass is 343 g/mol. The number of rotatable bonds is 6. The van der Waals surface area contributed by atoms with Crippen LogP contribution in [0.3, 0.4) is 0 Å². The number of thiophene rings is 1. The first kappa shape index (κ1) is 16.7. The van der Waals surface area contributed by atoms with Crippen LogP contribution >= 0.6 is 11.3 Å². The number of nitrogens with one attached hydrogen (secondary N) is 1. The van der Waals surface area contributed by atoms with Crippen molar-refractivity contribution in [3.8, 4) is 0 Å². The molecule has 2 aromatic rings. The lowest BCUT2D eigenvalue weighted by atomic mass is 9.99. The summed E-state index contributed by atoms with van der Waals surface area (Å²) < 4.78 is 0. The number of fused-ring (bicyclic) bond motifs is 1. The molecule has 0 saturated heterocycles. The number of aryl methyl sites for hydroxylation is 2. The number of aliphatic carboxylic acids is 1. The van der Waals surface area contributed by atoms with Crippen LogP contribution in [0.5, 0.6) is 0 Å². The zero-order chi connectivity index (χ0) is 17.1. The van der Waals surface area contributed by atoms with E-state index >= 15 is 0 Å². The SMILES string of the molecule is CC(C(=O)N[C@@H](Cc1ccc2c(c1)CCC2)C(=O)O)c1ccsc1. The van der Waals surface area contributed by atoms with Gasteiger partial charge in [0.25, 0.3) is 0 Å². The summed E-state index contributed by atoms with van der Waals surface area (Å²) in [5, 5.41) is 16.0. The first-order valence-electron chi connectivity index (χ1n) is 8.20. The molecule has 1 aromatic carbocycles.